The van der Waals surface area contributed by atoms with Crippen molar-refractivity contribution in [2.45, 2.75) is 13.0 Å². The van der Waals surface area contributed by atoms with Crippen molar-refractivity contribution in [3.05, 3.63) is 107 Å². The van der Waals surface area contributed by atoms with Crippen LogP contribution < -0.4 is 4.90 Å². The van der Waals surface area contributed by atoms with Gasteiger partial charge in [0.05, 0.1) is 12.1 Å². The number of halogens is 1. The largest absolute Gasteiger partial charge is 0.308 e. The van der Waals surface area contributed by atoms with E-state index in [1.807, 2.05) is 76.4 Å². The second-order valence-electron chi connectivity index (χ2n) is 7.42. The Morgan fingerprint density at radius 2 is 1.67 bits per heavy atom. The predicted octanol–water partition coefficient (Wildman–Crippen LogP) is 5.45. The highest BCUT2D eigenvalue weighted by Gasteiger charge is 2.28. The summed E-state index contributed by atoms with van der Waals surface area (Å²) in [5, 5.41) is 5.44. The van der Waals surface area contributed by atoms with Crippen molar-refractivity contribution < 1.29 is 4.79 Å². The van der Waals surface area contributed by atoms with Crippen molar-refractivity contribution in [3.8, 4) is 11.3 Å². The normalized spacial score (nSPS) is 12.8. The molecule has 0 spiro atoms. The van der Waals surface area contributed by atoms with Crippen LogP contribution in [0.25, 0.3) is 11.3 Å². The van der Waals surface area contributed by atoms with Gasteiger partial charge in [-0.15, -0.1) is 0 Å². The maximum absolute atomic E-state index is 13.6. The summed E-state index contributed by atoms with van der Waals surface area (Å²) in [6.07, 6.45) is 2.73. The number of nitrogens with zero attached hydrogens (tertiary/aromatic N) is 3. The van der Waals surface area contributed by atoms with Crippen LogP contribution in [0.2, 0.25) is 5.02 Å². The van der Waals surface area contributed by atoms with E-state index in [2.05, 4.69) is 18.2 Å². The van der Waals surface area contributed by atoms with Gasteiger partial charge in [0.1, 0.15) is 5.69 Å². The molecule has 0 aliphatic carbocycles. The highest BCUT2D eigenvalue weighted by Crippen LogP contribution is 2.32. The molecule has 0 atom stereocenters. The number of amides is 1. The molecule has 0 unspecified atom stereocenters. The van der Waals surface area contributed by atoms with E-state index in [0.717, 1.165) is 23.2 Å². The molecule has 148 valence electrons. The van der Waals surface area contributed by atoms with Gasteiger partial charge in [0.15, 0.2) is 0 Å². The van der Waals surface area contributed by atoms with Gasteiger partial charge in [-0.05, 0) is 35.7 Å². The zero-order valence-electron chi connectivity index (χ0n) is 16.3. The van der Waals surface area contributed by atoms with E-state index in [9.17, 15) is 4.79 Å². The first-order valence-electron chi connectivity index (χ1n) is 9.96. The van der Waals surface area contributed by atoms with E-state index in [1.54, 1.807) is 0 Å². The van der Waals surface area contributed by atoms with E-state index < -0.39 is 0 Å². The fraction of sp³-hybridized carbons (Fsp3) is 0.120. The summed E-state index contributed by atoms with van der Waals surface area (Å²) in [5.41, 5.74) is 5.48. The molecule has 0 saturated heterocycles. The van der Waals surface area contributed by atoms with Gasteiger partial charge in [0, 0.05) is 29.0 Å². The van der Waals surface area contributed by atoms with Crippen LogP contribution in [0, 0.1) is 0 Å². The van der Waals surface area contributed by atoms with Gasteiger partial charge in [0.25, 0.3) is 5.91 Å². The molecule has 0 N–H and O–H groups in total. The maximum atomic E-state index is 13.6. The number of carbonyl (C=O) groups excluding carboxylic acids is 1. The fourth-order valence-electron chi connectivity index (χ4n) is 3.94. The number of anilines is 1. The topological polar surface area (TPSA) is 38.1 Å². The lowest BCUT2D eigenvalue weighted by Crippen LogP contribution is -2.29. The van der Waals surface area contributed by atoms with Crippen LogP contribution in [0.5, 0.6) is 0 Å². The van der Waals surface area contributed by atoms with Gasteiger partial charge >= 0.3 is 0 Å². The smallest absolute Gasteiger partial charge is 0.262 e. The van der Waals surface area contributed by atoms with Crippen LogP contribution in [-0.2, 0) is 13.0 Å². The molecule has 0 saturated carbocycles. The summed E-state index contributed by atoms with van der Waals surface area (Å²) < 4.78 is 1.84. The lowest BCUT2D eigenvalue weighted by molar-refractivity contribution is 0.0990. The number of para-hydroxylation sites is 1. The monoisotopic (exact) mass is 413 g/mol. The minimum absolute atomic E-state index is 0.0239. The minimum Gasteiger partial charge on any atom is -0.308 e. The van der Waals surface area contributed by atoms with E-state index >= 15 is 0 Å². The molecule has 0 bridgehead atoms. The Kier molecular flexibility index (Phi) is 4.85. The second kappa shape index (κ2) is 7.81. The first-order chi connectivity index (χ1) is 14.7. The van der Waals surface area contributed by atoms with Crippen molar-refractivity contribution in [3.63, 3.8) is 0 Å². The first kappa shape index (κ1) is 18.6. The predicted molar refractivity (Wildman–Crippen MR) is 120 cm³/mol. The molecule has 4 nitrogen and oxygen atoms in total. The van der Waals surface area contributed by atoms with Crippen LogP contribution in [0.15, 0.2) is 85.1 Å². The third-order valence-electron chi connectivity index (χ3n) is 5.43. The Morgan fingerprint density at radius 1 is 0.933 bits per heavy atom. The molecule has 0 radical (unpaired) electrons. The molecular weight excluding hydrogens is 394 g/mol. The van der Waals surface area contributed by atoms with Crippen LogP contribution in [0.3, 0.4) is 0 Å². The molecule has 30 heavy (non-hydrogen) atoms. The third-order valence-corrected chi connectivity index (χ3v) is 5.68. The van der Waals surface area contributed by atoms with Crippen LogP contribution in [-0.4, -0.2) is 22.2 Å². The summed E-state index contributed by atoms with van der Waals surface area (Å²) in [7, 11) is 0. The highest BCUT2D eigenvalue weighted by molar-refractivity contribution is 6.30. The molecular formula is C25H20ClN3O. The highest BCUT2D eigenvalue weighted by atomic mass is 35.5. The van der Waals surface area contributed by atoms with Crippen molar-refractivity contribution in [1.29, 1.82) is 0 Å². The lowest BCUT2D eigenvalue weighted by atomic mass is 10.1. The van der Waals surface area contributed by atoms with Crippen molar-refractivity contribution in [2.24, 2.45) is 0 Å². The molecule has 1 aliphatic rings. The molecule has 3 aromatic carbocycles. The minimum atomic E-state index is -0.0239. The summed E-state index contributed by atoms with van der Waals surface area (Å²) >= 11 is 6.07. The van der Waals surface area contributed by atoms with Crippen LogP contribution >= 0.6 is 11.6 Å². The summed E-state index contributed by atoms with van der Waals surface area (Å²) in [6, 6.07) is 25.7. The number of fused-ring (bicyclic) bond motifs is 1. The number of hydrogen-bond donors (Lipinski definition) is 0. The molecule has 4 aromatic rings. The molecule has 0 fully saturated rings. The Labute approximate surface area is 180 Å². The van der Waals surface area contributed by atoms with Crippen LogP contribution in [0.4, 0.5) is 5.69 Å². The van der Waals surface area contributed by atoms with E-state index in [4.69, 9.17) is 16.7 Å². The average molecular weight is 414 g/mol. The van der Waals surface area contributed by atoms with E-state index in [1.165, 1.54) is 5.56 Å². The lowest BCUT2D eigenvalue weighted by Gasteiger charge is -2.17. The second-order valence-corrected chi connectivity index (χ2v) is 7.85. The summed E-state index contributed by atoms with van der Waals surface area (Å²) in [5.74, 6) is -0.0239. The third kappa shape index (κ3) is 3.51. The average Bonchev–Trinajstić information content (AvgIpc) is 3.39. The molecule has 2 heterocycles. The van der Waals surface area contributed by atoms with Crippen molar-refractivity contribution >= 4 is 23.2 Å². The SMILES string of the molecule is O=C(c1cn(Cc2ccccc2)nc1-c1ccc(Cl)cc1)N1CCc2ccccc21. The fourth-order valence-corrected chi connectivity index (χ4v) is 4.07. The number of carbonyl (C=O) groups is 1. The Hall–Kier alpha value is -3.37. The Morgan fingerprint density at radius 3 is 2.47 bits per heavy atom. The molecule has 1 aliphatic heterocycles. The van der Waals surface area contributed by atoms with Crippen molar-refractivity contribution in [1.82, 2.24) is 9.78 Å². The molecule has 1 aromatic heterocycles. The first-order valence-corrected chi connectivity index (χ1v) is 10.3. The van der Waals surface area contributed by atoms with Gasteiger partial charge in [-0.25, -0.2) is 0 Å². The van der Waals surface area contributed by atoms with Crippen molar-refractivity contribution in [2.75, 3.05) is 11.4 Å². The quantitative estimate of drug-likeness (QED) is 0.446. The maximum Gasteiger partial charge on any atom is 0.262 e. The molecule has 5 heteroatoms. The molecule has 1 amide bonds. The van der Waals surface area contributed by atoms with E-state index in [-0.39, 0.29) is 5.91 Å². The number of hydrogen-bond acceptors (Lipinski definition) is 2. The van der Waals surface area contributed by atoms with Gasteiger partial charge in [-0.1, -0.05) is 72.3 Å². The van der Waals surface area contributed by atoms with E-state index in [0.29, 0.717) is 29.4 Å². The standard InChI is InChI=1S/C25H20ClN3O/c26-21-12-10-20(11-13-21)24-22(17-28(27-24)16-18-6-2-1-3-7-18)25(30)29-15-14-19-8-4-5-9-23(19)29/h1-13,17H,14-16H2. The Balaban J connectivity index is 1.55. The number of rotatable bonds is 4. The van der Waals surface area contributed by atoms with Gasteiger partial charge in [-0.2, -0.15) is 5.10 Å². The molecule has 5 rings (SSSR count). The van der Waals surface area contributed by atoms with Crippen LogP contribution in [0.1, 0.15) is 21.5 Å². The van der Waals surface area contributed by atoms with Gasteiger partial charge < -0.3 is 4.90 Å². The number of benzene rings is 3. The van der Waals surface area contributed by atoms with Gasteiger partial charge in [0.2, 0.25) is 0 Å². The summed E-state index contributed by atoms with van der Waals surface area (Å²) in [6.45, 7) is 1.29. The Bertz CT molecular complexity index is 1200. The zero-order chi connectivity index (χ0) is 20.5. The van der Waals surface area contributed by atoms with Gasteiger partial charge in [-0.3, -0.25) is 9.48 Å². The number of aromatic nitrogens is 2. The zero-order valence-corrected chi connectivity index (χ0v) is 17.1. The summed E-state index contributed by atoms with van der Waals surface area (Å²) in [4.78, 5) is 15.4.